The molecular formula is C17H23NO2. The lowest BCUT2D eigenvalue weighted by Crippen LogP contribution is -2.40. The van der Waals surface area contributed by atoms with Crippen molar-refractivity contribution < 1.29 is 9.59 Å². The van der Waals surface area contributed by atoms with Gasteiger partial charge in [0.2, 0.25) is 0 Å². The van der Waals surface area contributed by atoms with Gasteiger partial charge in [0.15, 0.2) is 0 Å². The molecule has 0 aromatic heterocycles. The highest BCUT2D eigenvalue weighted by Crippen LogP contribution is 2.22. The number of carbonyl (C=O) groups is 2. The highest BCUT2D eigenvalue weighted by atomic mass is 16.2. The van der Waals surface area contributed by atoms with Crippen LogP contribution in [0.15, 0.2) is 18.2 Å². The van der Waals surface area contributed by atoms with Gasteiger partial charge in [-0.1, -0.05) is 24.6 Å². The second-order valence-electron chi connectivity index (χ2n) is 5.70. The largest absolute Gasteiger partial charge is 0.339 e. The molecule has 0 atom stereocenters. The number of hydrogen-bond acceptors (Lipinski definition) is 2. The summed E-state index contributed by atoms with van der Waals surface area (Å²) in [5.74, 6) is 0.597. The van der Waals surface area contributed by atoms with Crippen molar-refractivity contribution in [2.45, 2.75) is 40.0 Å². The van der Waals surface area contributed by atoms with Gasteiger partial charge in [-0.25, -0.2) is 0 Å². The Morgan fingerprint density at radius 1 is 1.20 bits per heavy atom. The Kier molecular flexibility index (Phi) is 4.58. The van der Waals surface area contributed by atoms with E-state index in [1.807, 2.05) is 43.9 Å². The SMILES string of the molecule is CCC(=O)C1CCN(C(=O)c2cc(C)ccc2C)CC1. The third-order valence-corrected chi connectivity index (χ3v) is 4.21. The van der Waals surface area contributed by atoms with Gasteiger partial charge in [-0.05, 0) is 38.3 Å². The molecule has 1 heterocycles. The van der Waals surface area contributed by atoms with Gasteiger partial charge in [-0.2, -0.15) is 0 Å². The Bertz CT molecular complexity index is 514. The van der Waals surface area contributed by atoms with Crippen molar-refractivity contribution in [3.05, 3.63) is 34.9 Å². The second kappa shape index (κ2) is 6.21. The van der Waals surface area contributed by atoms with Crippen LogP contribution in [0.5, 0.6) is 0 Å². The first-order chi connectivity index (χ1) is 9.52. The maximum Gasteiger partial charge on any atom is 0.254 e. The molecule has 1 aromatic rings. The normalized spacial score (nSPS) is 16.2. The number of rotatable bonds is 3. The number of piperidine rings is 1. The van der Waals surface area contributed by atoms with Crippen molar-refractivity contribution in [1.82, 2.24) is 4.90 Å². The van der Waals surface area contributed by atoms with Gasteiger partial charge in [0.25, 0.3) is 5.91 Å². The molecule has 1 aliphatic rings. The highest BCUT2D eigenvalue weighted by Gasteiger charge is 2.27. The van der Waals surface area contributed by atoms with E-state index in [4.69, 9.17) is 0 Å². The quantitative estimate of drug-likeness (QED) is 0.848. The summed E-state index contributed by atoms with van der Waals surface area (Å²) in [7, 11) is 0. The summed E-state index contributed by atoms with van der Waals surface area (Å²) >= 11 is 0. The molecule has 0 unspecified atom stereocenters. The molecule has 0 spiro atoms. The molecular weight excluding hydrogens is 250 g/mol. The van der Waals surface area contributed by atoms with Crippen LogP contribution < -0.4 is 0 Å². The van der Waals surface area contributed by atoms with Gasteiger partial charge in [-0.15, -0.1) is 0 Å². The van der Waals surface area contributed by atoms with Crippen molar-refractivity contribution >= 4 is 11.7 Å². The Morgan fingerprint density at radius 3 is 2.45 bits per heavy atom. The van der Waals surface area contributed by atoms with Crippen molar-refractivity contribution in [2.75, 3.05) is 13.1 Å². The average molecular weight is 273 g/mol. The standard InChI is InChI=1S/C17H23NO2/c1-4-16(19)14-7-9-18(10-8-14)17(20)15-11-12(2)5-6-13(15)3/h5-6,11,14H,4,7-10H2,1-3H3. The molecule has 1 amide bonds. The van der Waals surface area contributed by atoms with E-state index in [-0.39, 0.29) is 11.8 Å². The van der Waals surface area contributed by atoms with Crippen molar-refractivity contribution in [2.24, 2.45) is 5.92 Å². The predicted octanol–water partition coefficient (Wildman–Crippen LogP) is 3.13. The van der Waals surface area contributed by atoms with Gasteiger partial charge < -0.3 is 4.90 Å². The predicted molar refractivity (Wildman–Crippen MR) is 79.8 cm³/mol. The number of benzene rings is 1. The number of amides is 1. The molecule has 3 heteroatoms. The zero-order valence-corrected chi connectivity index (χ0v) is 12.6. The maximum atomic E-state index is 12.6. The Morgan fingerprint density at radius 2 is 1.85 bits per heavy atom. The number of Topliss-reactive ketones (excluding diaryl/α,β-unsaturated/α-hetero) is 1. The van der Waals surface area contributed by atoms with E-state index in [9.17, 15) is 9.59 Å². The van der Waals surface area contributed by atoms with E-state index < -0.39 is 0 Å². The molecule has 0 aliphatic carbocycles. The molecule has 1 saturated heterocycles. The number of ketones is 1. The second-order valence-corrected chi connectivity index (χ2v) is 5.70. The molecule has 0 bridgehead atoms. The Balaban J connectivity index is 2.05. The van der Waals surface area contributed by atoms with Crippen molar-refractivity contribution in [3.63, 3.8) is 0 Å². The minimum Gasteiger partial charge on any atom is -0.339 e. The number of hydrogen-bond donors (Lipinski definition) is 0. The fraction of sp³-hybridized carbons (Fsp3) is 0.529. The summed E-state index contributed by atoms with van der Waals surface area (Å²) < 4.78 is 0. The van der Waals surface area contributed by atoms with Crippen molar-refractivity contribution in [3.8, 4) is 0 Å². The molecule has 0 radical (unpaired) electrons. The lowest BCUT2D eigenvalue weighted by Gasteiger charge is -2.31. The van der Waals surface area contributed by atoms with E-state index in [0.717, 1.165) is 29.5 Å². The number of aryl methyl sites for hydroxylation is 2. The van der Waals surface area contributed by atoms with Crippen LogP contribution in [-0.4, -0.2) is 29.7 Å². The first kappa shape index (κ1) is 14.8. The van der Waals surface area contributed by atoms with Crippen LogP contribution >= 0.6 is 0 Å². The van der Waals surface area contributed by atoms with Crippen molar-refractivity contribution in [1.29, 1.82) is 0 Å². The number of nitrogens with zero attached hydrogens (tertiary/aromatic N) is 1. The van der Waals surface area contributed by atoms with Crippen LogP contribution in [0.4, 0.5) is 0 Å². The maximum absolute atomic E-state index is 12.6. The van der Waals surface area contributed by atoms with E-state index in [1.165, 1.54) is 0 Å². The zero-order chi connectivity index (χ0) is 14.7. The molecule has 1 fully saturated rings. The average Bonchev–Trinajstić information content (AvgIpc) is 2.48. The third kappa shape index (κ3) is 3.09. The van der Waals surface area contributed by atoms with Gasteiger partial charge >= 0.3 is 0 Å². The van der Waals surface area contributed by atoms with Gasteiger partial charge in [0.1, 0.15) is 5.78 Å². The first-order valence-electron chi connectivity index (χ1n) is 7.42. The zero-order valence-electron chi connectivity index (χ0n) is 12.6. The Labute approximate surface area is 121 Å². The highest BCUT2D eigenvalue weighted by molar-refractivity contribution is 5.96. The smallest absolute Gasteiger partial charge is 0.254 e. The van der Waals surface area contributed by atoms with Gasteiger partial charge in [0, 0.05) is 31.0 Å². The molecule has 1 aromatic carbocycles. The van der Waals surface area contributed by atoms with E-state index in [1.54, 1.807) is 0 Å². The number of likely N-dealkylation sites (tertiary alicyclic amines) is 1. The summed E-state index contributed by atoms with van der Waals surface area (Å²) in [6.45, 7) is 7.28. The molecule has 108 valence electrons. The minimum absolute atomic E-state index is 0.105. The van der Waals surface area contributed by atoms with Crippen LogP contribution in [-0.2, 0) is 4.79 Å². The monoisotopic (exact) mass is 273 g/mol. The molecule has 3 nitrogen and oxygen atoms in total. The van der Waals surface area contributed by atoms with E-state index in [2.05, 4.69) is 0 Å². The molecule has 0 N–H and O–H groups in total. The molecule has 20 heavy (non-hydrogen) atoms. The topological polar surface area (TPSA) is 37.4 Å². The van der Waals surface area contributed by atoms with Crippen LogP contribution in [0.2, 0.25) is 0 Å². The molecule has 2 rings (SSSR count). The lowest BCUT2D eigenvalue weighted by molar-refractivity contribution is -0.123. The van der Waals surface area contributed by atoms with E-state index >= 15 is 0 Å². The summed E-state index contributed by atoms with van der Waals surface area (Å²) in [5.41, 5.74) is 2.92. The third-order valence-electron chi connectivity index (χ3n) is 4.21. The van der Waals surface area contributed by atoms with Crippen LogP contribution in [0.25, 0.3) is 0 Å². The lowest BCUT2D eigenvalue weighted by atomic mass is 9.91. The van der Waals surface area contributed by atoms with E-state index in [0.29, 0.717) is 25.3 Å². The first-order valence-corrected chi connectivity index (χ1v) is 7.42. The fourth-order valence-corrected chi connectivity index (χ4v) is 2.83. The molecule has 0 saturated carbocycles. The summed E-state index contributed by atoms with van der Waals surface area (Å²) in [4.78, 5) is 26.2. The van der Waals surface area contributed by atoms with Gasteiger partial charge in [-0.3, -0.25) is 9.59 Å². The fourth-order valence-electron chi connectivity index (χ4n) is 2.83. The van der Waals surface area contributed by atoms with Crippen LogP contribution in [0.3, 0.4) is 0 Å². The summed E-state index contributed by atoms with van der Waals surface area (Å²) in [6, 6.07) is 5.98. The summed E-state index contributed by atoms with van der Waals surface area (Å²) in [6.07, 6.45) is 2.22. The Hall–Kier alpha value is -1.64. The van der Waals surface area contributed by atoms with Crippen LogP contribution in [0.1, 0.15) is 47.7 Å². The number of carbonyl (C=O) groups excluding carboxylic acids is 2. The van der Waals surface area contributed by atoms with Crippen LogP contribution in [0, 0.1) is 19.8 Å². The molecule has 1 aliphatic heterocycles. The summed E-state index contributed by atoms with van der Waals surface area (Å²) in [5, 5.41) is 0. The van der Waals surface area contributed by atoms with Gasteiger partial charge in [0.05, 0.1) is 0 Å². The minimum atomic E-state index is 0.105.